The monoisotopic (exact) mass is 924 g/mol. The van der Waals surface area contributed by atoms with E-state index >= 15 is 0 Å². The molecule has 18 nitrogen and oxygen atoms in total. The molecule has 5 unspecified atom stereocenters. The van der Waals surface area contributed by atoms with Crippen molar-refractivity contribution in [2.24, 2.45) is 0 Å². The van der Waals surface area contributed by atoms with Gasteiger partial charge in [0.25, 0.3) is 8.53 Å². The molecule has 0 spiro atoms. The molecule has 6 rings (SSSR count). The van der Waals surface area contributed by atoms with Crippen LogP contribution in [0.4, 0.5) is 5.82 Å². The topological polar surface area (TPSA) is 207 Å². The minimum absolute atomic E-state index is 0.0309. The number of benzene rings is 3. The molecule has 350 valence electrons. The molecule has 3 heterocycles. The quantitative estimate of drug-likeness (QED) is 0.0259. The molecule has 1 amide bonds. The van der Waals surface area contributed by atoms with Gasteiger partial charge in [-0.05, 0) is 68.7 Å². The van der Waals surface area contributed by atoms with Gasteiger partial charge in [-0.1, -0.05) is 54.6 Å². The van der Waals surface area contributed by atoms with Gasteiger partial charge in [0.05, 0.1) is 65.3 Å². The Morgan fingerprint density at radius 2 is 1.45 bits per heavy atom. The maximum absolute atomic E-state index is 12.2. The average molecular weight is 925 g/mol. The Balaban J connectivity index is 1.50. The van der Waals surface area contributed by atoms with Crippen molar-refractivity contribution in [3.05, 3.63) is 108 Å². The van der Waals surface area contributed by atoms with Crippen molar-refractivity contribution in [3.63, 3.8) is 0 Å². The van der Waals surface area contributed by atoms with Gasteiger partial charge < -0.3 is 47.5 Å². The maximum Gasteiger partial charge on any atom is 0.259 e. The molecule has 1 saturated heterocycles. The zero-order valence-corrected chi connectivity index (χ0v) is 39.1. The second-order valence-corrected chi connectivity index (χ2v) is 17.0. The van der Waals surface area contributed by atoms with E-state index in [2.05, 4.69) is 58.7 Å². The molecule has 0 saturated carbocycles. The number of nitrogens with zero attached hydrogens (tertiary/aromatic N) is 7. The summed E-state index contributed by atoms with van der Waals surface area (Å²) in [6.07, 6.45) is -0.529. The molecule has 1 N–H and O–H groups in total. The third kappa shape index (κ3) is 11.8. The standard InChI is InChI=1S/C47H57N8O10P/c1-32(2)55(33(3)4)66(63-26-12-24-49)65-42-40(27-62-47(35-13-9-8-10-14-35,36-15-19-38(57-6)20-16-36)37-17-21-39(58-7)22-18-37)64-46(43(42)61-31-60-30-59-25-11-23-48)54-29-52-41-44(53-34(5)56)50-28-51-45(41)54/h8-10,13-22,28-29,32-33,40,42-43,46H,11-12,25-27,30-31H2,1-7H3,(H,50,51,53,56). The molecule has 0 radical (unpaired) electrons. The van der Waals surface area contributed by atoms with Crippen LogP contribution in [0.15, 0.2) is 91.5 Å². The number of aromatic nitrogens is 4. The maximum atomic E-state index is 12.2. The van der Waals surface area contributed by atoms with Crippen molar-refractivity contribution >= 4 is 31.4 Å². The van der Waals surface area contributed by atoms with Crippen molar-refractivity contribution in [2.75, 3.05) is 52.9 Å². The minimum atomic E-state index is -1.87. The predicted octanol–water partition coefficient (Wildman–Crippen LogP) is 7.62. The molecule has 5 atom stereocenters. The van der Waals surface area contributed by atoms with E-state index in [-0.39, 0.29) is 70.1 Å². The van der Waals surface area contributed by atoms with Crippen LogP contribution in [-0.4, -0.2) is 108 Å². The van der Waals surface area contributed by atoms with Gasteiger partial charge in [0.1, 0.15) is 55.3 Å². The first-order chi connectivity index (χ1) is 32.1. The van der Waals surface area contributed by atoms with Crippen LogP contribution in [0.25, 0.3) is 11.2 Å². The lowest BCUT2D eigenvalue weighted by Crippen LogP contribution is -2.43. The number of ether oxygens (including phenoxy) is 7. The van der Waals surface area contributed by atoms with Crippen LogP contribution in [0.3, 0.4) is 0 Å². The van der Waals surface area contributed by atoms with Crippen molar-refractivity contribution < 1.29 is 47.0 Å². The Morgan fingerprint density at radius 3 is 2.05 bits per heavy atom. The van der Waals surface area contributed by atoms with Crippen molar-refractivity contribution in [3.8, 4) is 23.6 Å². The van der Waals surface area contributed by atoms with Crippen molar-refractivity contribution in [1.82, 2.24) is 24.2 Å². The molecule has 1 aliphatic rings. The second-order valence-electron chi connectivity index (χ2n) is 15.6. The fraction of sp³-hybridized carbons (Fsp3) is 0.447. The third-order valence-corrected chi connectivity index (χ3v) is 12.7. The van der Waals surface area contributed by atoms with E-state index in [1.54, 1.807) is 25.1 Å². The summed E-state index contributed by atoms with van der Waals surface area (Å²) in [5, 5.41) is 21.3. The highest BCUT2D eigenvalue weighted by Gasteiger charge is 2.52. The highest BCUT2D eigenvalue weighted by molar-refractivity contribution is 7.44. The fourth-order valence-electron chi connectivity index (χ4n) is 7.74. The predicted molar refractivity (Wildman–Crippen MR) is 244 cm³/mol. The molecule has 66 heavy (non-hydrogen) atoms. The first-order valence-corrected chi connectivity index (χ1v) is 22.7. The summed E-state index contributed by atoms with van der Waals surface area (Å²) in [6, 6.07) is 29.5. The number of hydrogen-bond acceptors (Lipinski definition) is 16. The highest BCUT2D eigenvalue weighted by atomic mass is 31.2. The summed E-state index contributed by atoms with van der Waals surface area (Å²) in [5.41, 5.74) is 1.89. The number of anilines is 1. The Morgan fingerprint density at radius 1 is 0.833 bits per heavy atom. The molecular formula is C47H57N8O10P. The summed E-state index contributed by atoms with van der Waals surface area (Å²) >= 11 is 0. The highest BCUT2D eigenvalue weighted by Crippen LogP contribution is 2.51. The first-order valence-electron chi connectivity index (χ1n) is 21.5. The second kappa shape index (κ2) is 24.2. The zero-order valence-electron chi connectivity index (χ0n) is 38.2. The first kappa shape index (κ1) is 49.8. The van der Waals surface area contributed by atoms with Crippen molar-refractivity contribution in [1.29, 1.82) is 10.5 Å². The van der Waals surface area contributed by atoms with Crippen LogP contribution in [0.5, 0.6) is 11.5 Å². The zero-order chi connectivity index (χ0) is 47.1. The Kier molecular flexibility index (Phi) is 18.3. The van der Waals surface area contributed by atoms with Crippen LogP contribution < -0.4 is 14.8 Å². The number of hydrogen-bond donors (Lipinski definition) is 1. The molecular weight excluding hydrogens is 868 g/mol. The van der Waals surface area contributed by atoms with E-state index in [1.165, 1.54) is 13.3 Å². The Hall–Kier alpha value is -5.63. The minimum Gasteiger partial charge on any atom is -0.497 e. The number of rotatable bonds is 25. The van der Waals surface area contributed by atoms with E-state index in [9.17, 15) is 10.1 Å². The normalized spacial score (nSPS) is 17.8. The molecule has 5 aromatic rings. The lowest BCUT2D eigenvalue weighted by atomic mass is 9.80. The number of fused-ring (bicyclic) bond motifs is 1. The van der Waals surface area contributed by atoms with E-state index in [0.717, 1.165) is 16.7 Å². The summed E-state index contributed by atoms with van der Waals surface area (Å²) < 4.78 is 61.0. The summed E-state index contributed by atoms with van der Waals surface area (Å²) in [4.78, 5) is 25.6. The van der Waals surface area contributed by atoms with E-state index in [4.69, 9.17) is 47.5 Å². The van der Waals surface area contributed by atoms with E-state index in [1.807, 2.05) is 84.9 Å². The van der Waals surface area contributed by atoms with Gasteiger partial charge in [-0.3, -0.25) is 9.36 Å². The molecule has 1 aliphatic heterocycles. The Labute approximate surface area is 386 Å². The van der Waals surface area contributed by atoms with Crippen LogP contribution >= 0.6 is 8.53 Å². The molecule has 0 bridgehead atoms. The van der Waals surface area contributed by atoms with Gasteiger partial charge in [-0.25, -0.2) is 19.6 Å². The molecule has 3 aromatic carbocycles. The van der Waals surface area contributed by atoms with Gasteiger partial charge in [0.15, 0.2) is 23.2 Å². The average Bonchev–Trinajstić information content (AvgIpc) is 3.90. The van der Waals surface area contributed by atoms with Gasteiger partial charge in [-0.2, -0.15) is 10.5 Å². The van der Waals surface area contributed by atoms with E-state index in [0.29, 0.717) is 22.7 Å². The molecule has 19 heteroatoms. The van der Waals surface area contributed by atoms with Crippen molar-refractivity contribution in [2.45, 2.75) is 89.7 Å². The fourth-order valence-corrected chi connectivity index (χ4v) is 9.51. The van der Waals surface area contributed by atoms with Crippen LogP contribution in [-0.2, 0) is 43.1 Å². The lowest BCUT2D eigenvalue weighted by molar-refractivity contribution is -0.173. The smallest absolute Gasteiger partial charge is 0.259 e. The van der Waals surface area contributed by atoms with E-state index < -0.39 is 38.7 Å². The van der Waals surface area contributed by atoms with Crippen LogP contribution in [0, 0.1) is 22.7 Å². The van der Waals surface area contributed by atoms with Crippen LogP contribution in [0.2, 0.25) is 0 Å². The lowest BCUT2D eigenvalue weighted by Gasteiger charge is -2.39. The molecule has 1 fully saturated rings. The number of imidazole rings is 1. The number of carbonyl (C=O) groups excluding carboxylic acids is 1. The number of nitrogens with one attached hydrogen (secondary N) is 1. The van der Waals surface area contributed by atoms with Gasteiger partial charge in [0.2, 0.25) is 5.91 Å². The SMILES string of the molecule is COc1ccc(C(OCC2OC(n3cnc4c(NC(C)=O)ncnc43)C(OCOCOCCC#N)C2OP(OCCC#N)N(C(C)C)C(C)C)(c2ccccc2)c2ccc(OC)cc2)cc1. The molecule has 0 aliphatic carbocycles. The van der Waals surface area contributed by atoms with Gasteiger partial charge in [-0.15, -0.1) is 0 Å². The van der Waals surface area contributed by atoms with Gasteiger partial charge in [0, 0.05) is 19.0 Å². The van der Waals surface area contributed by atoms with Gasteiger partial charge >= 0.3 is 0 Å². The molecule has 2 aromatic heterocycles. The number of carbonyl (C=O) groups is 1. The summed E-state index contributed by atoms with van der Waals surface area (Å²) in [7, 11) is 1.37. The third-order valence-electron chi connectivity index (χ3n) is 10.6. The number of nitriles is 2. The largest absolute Gasteiger partial charge is 0.497 e. The summed E-state index contributed by atoms with van der Waals surface area (Å²) in [5.74, 6) is 1.23. The summed E-state index contributed by atoms with van der Waals surface area (Å²) in [6.45, 7) is 9.42. The number of amides is 1. The Bertz CT molecular complexity index is 2320. The van der Waals surface area contributed by atoms with Crippen LogP contribution in [0.1, 0.15) is 70.4 Å². The number of methoxy groups -OCH3 is 2.